The van der Waals surface area contributed by atoms with E-state index in [0.29, 0.717) is 11.4 Å². The molecule has 17 heavy (non-hydrogen) atoms. The smallest absolute Gasteiger partial charge is 0.233 e. The molecule has 0 fully saturated rings. The van der Waals surface area contributed by atoms with Crippen molar-refractivity contribution in [1.29, 1.82) is 0 Å². The molecule has 0 saturated carbocycles. The number of carbonyl (C=O) groups is 2. The summed E-state index contributed by atoms with van der Waals surface area (Å²) in [6.45, 7) is 3.12. The molecule has 1 N–H and O–H groups in total. The van der Waals surface area contributed by atoms with Gasteiger partial charge in [-0.15, -0.1) is 11.3 Å². The predicted octanol–water partition coefficient (Wildman–Crippen LogP) is 1.76. The average Bonchev–Trinajstić information content (AvgIpc) is 2.74. The number of hydrogen-bond acceptors (Lipinski definition) is 4. The molecule has 0 bridgehead atoms. The standard InChI is InChI=1S/C11H15BrN2O2S/c1-3-14(7-10(16)13-2)6-9(15)11-8(12)4-5-17-11/h4-5H,3,6-7H2,1-2H3,(H,13,16). The van der Waals surface area contributed by atoms with E-state index in [9.17, 15) is 9.59 Å². The van der Waals surface area contributed by atoms with Crippen molar-refractivity contribution in [1.82, 2.24) is 10.2 Å². The van der Waals surface area contributed by atoms with E-state index in [-0.39, 0.29) is 24.8 Å². The van der Waals surface area contributed by atoms with Gasteiger partial charge in [0.15, 0.2) is 5.78 Å². The Balaban J connectivity index is 2.60. The van der Waals surface area contributed by atoms with E-state index in [2.05, 4.69) is 21.2 Å². The third kappa shape index (κ3) is 4.22. The molecule has 0 aliphatic rings. The fourth-order valence-electron chi connectivity index (χ4n) is 1.33. The maximum atomic E-state index is 12.0. The number of ketones is 1. The quantitative estimate of drug-likeness (QED) is 0.813. The number of likely N-dealkylation sites (N-methyl/N-ethyl adjacent to an activating group) is 2. The van der Waals surface area contributed by atoms with Crippen LogP contribution in [0.15, 0.2) is 15.9 Å². The van der Waals surface area contributed by atoms with Crippen LogP contribution in [-0.2, 0) is 4.79 Å². The Hall–Kier alpha value is -0.720. The SMILES string of the molecule is CCN(CC(=O)NC)CC(=O)c1sccc1Br. The van der Waals surface area contributed by atoms with E-state index in [1.54, 1.807) is 7.05 Å². The Morgan fingerprint density at radius 1 is 1.47 bits per heavy atom. The molecule has 0 unspecified atom stereocenters. The van der Waals surface area contributed by atoms with Crippen LogP contribution in [0.25, 0.3) is 0 Å². The first-order valence-corrected chi connectivity index (χ1v) is 6.94. The van der Waals surface area contributed by atoms with Crippen LogP contribution in [0.2, 0.25) is 0 Å². The monoisotopic (exact) mass is 318 g/mol. The summed E-state index contributed by atoms with van der Waals surface area (Å²) in [6.07, 6.45) is 0. The normalized spacial score (nSPS) is 10.6. The van der Waals surface area contributed by atoms with Gasteiger partial charge in [0.25, 0.3) is 0 Å². The van der Waals surface area contributed by atoms with Crippen molar-refractivity contribution >= 4 is 39.0 Å². The lowest BCUT2D eigenvalue weighted by molar-refractivity contribution is -0.121. The van der Waals surface area contributed by atoms with Crippen molar-refractivity contribution < 1.29 is 9.59 Å². The second kappa shape index (κ2) is 6.88. The van der Waals surface area contributed by atoms with Gasteiger partial charge in [0.1, 0.15) is 0 Å². The number of Topliss-reactive ketones (excluding diaryl/α,β-unsaturated/α-hetero) is 1. The van der Waals surface area contributed by atoms with Crippen molar-refractivity contribution in [3.05, 3.63) is 20.8 Å². The van der Waals surface area contributed by atoms with E-state index >= 15 is 0 Å². The Morgan fingerprint density at radius 3 is 2.65 bits per heavy atom. The minimum atomic E-state index is -0.0788. The molecule has 1 rings (SSSR count). The zero-order chi connectivity index (χ0) is 12.8. The van der Waals surface area contributed by atoms with Gasteiger partial charge in [-0.05, 0) is 33.9 Å². The van der Waals surface area contributed by atoms with Crippen molar-refractivity contribution in [2.45, 2.75) is 6.92 Å². The molecule has 1 amide bonds. The second-order valence-electron chi connectivity index (χ2n) is 3.50. The summed E-state index contributed by atoms with van der Waals surface area (Å²) in [5.74, 6) is -0.0393. The van der Waals surface area contributed by atoms with Crippen LogP contribution in [-0.4, -0.2) is 43.3 Å². The molecular formula is C11H15BrN2O2S. The molecule has 0 aliphatic heterocycles. The molecule has 4 nitrogen and oxygen atoms in total. The van der Waals surface area contributed by atoms with Gasteiger partial charge in [0.05, 0.1) is 18.0 Å². The Kier molecular flexibility index (Phi) is 5.80. The van der Waals surface area contributed by atoms with Crippen LogP contribution < -0.4 is 5.32 Å². The summed E-state index contributed by atoms with van der Waals surface area (Å²) in [6, 6.07) is 1.85. The second-order valence-corrected chi connectivity index (χ2v) is 5.27. The Bertz CT molecular complexity index is 406. The number of halogens is 1. The van der Waals surface area contributed by atoms with Crippen LogP contribution in [0.5, 0.6) is 0 Å². The molecule has 0 aliphatic carbocycles. The number of nitrogens with one attached hydrogen (secondary N) is 1. The number of thiophene rings is 1. The zero-order valence-electron chi connectivity index (χ0n) is 9.83. The minimum absolute atomic E-state index is 0.0395. The fraction of sp³-hybridized carbons (Fsp3) is 0.455. The molecule has 0 spiro atoms. The summed E-state index contributed by atoms with van der Waals surface area (Å²) in [7, 11) is 1.59. The van der Waals surface area contributed by atoms with Gasteiger partial charge in [-0.1, -0.05) is 6.92 Å². The lowest BCUT2D eigenvalue weighted by atomic mass is 10.3. The first-order chi connectivity index (χ1) is 8.08. The maximum absolute atomic E-state index is 12.0. The van der Waals surface area contributed by atoms with E-state index in [4.69, 9.17) is 0 Å². The molecule has 1 aromatic heterocycles. The minimum Gasteiger partial charge on any atom is -0.358 e. The fourth-order valence-corrected chi connectivity index (χ4v) is 2.85. The number of nitrogens with zero attached hydrogens (tertiary/aromatic N) is 1. The van der Waals surface area contributed by atoms with Crippen molar-refractivity contribution in [3.8, 4) is 0 Å². The van der Waals surface area contributed by atoms with Gasteiger partial charge >= 0.3 is 0 Å². The number of amides is 1. The van der Waals surface area contributed by atoms with E-state index in [1.807, 2.05) is 23.3 Å². The Labute approximate surface area is 113 Å². The molecule has 0 atom stereocenters. The predicted molar refractivity (Wildman–Crippen MR) is 72.5 cm³/mol. The summed E-state index contributed by atoms with van der Waals surface area (Å²) in [5, 5.41) is 4.42. The highest BCUT2D eigenvalue weighted by atomic mass is 79.9. The highest BCUT2D eigenvalue weighted by molar-refractivity contribution is 9.10. The highest BCUT2D eigenvalue weighted by Gasteiger charge is 2.16. The largest absolute Gasteiger partial charge is 0.358 e. The van der Waals surface area contributed by atoms with Gasteiger partial charge in [0, 0.05) is 11.5 Å². The van der Waals surface area contributed by atoms with Crippen molar-refractivity contribution in [3.63, 3.8) is 0 Å². The number of hydrogen-bond donors (Lipinski definition) is 1. The molecule has 0 aromatic carbocycles. The first kappa shape index (κ1) is 14.3. The van der Waals surface area contributed by atoms with Crippen molar-refractivity contribution in [2.75, 3.05) is 26.7 Å². The summed E-state index contributed by atoms with van der Waals surface area (Å²) >= 11 is 4.75. The zero-order valence-corrected chi connectivity index (χ0v) is 12.2. The average molecular weight is 319 g/mol. The third-order valence-electron chi connectivity index (χ3n) is 2.33. The van der Waals surface area contributed by atoms with Gasteiger partial charge in [-0.2, -0.15) is 0 Å². The van der Waals surface area contributed by atoms with E-state index in [0.717, 1.165) is 4.47 Å². The van der Waals surface area contributed by atoms with Gasteiger partial charge < -0.3 is 5.32 Å². The number of carbonyl (C=O) groups excluding carboxylic acids is 2. The van der Waals surface area contributed by atoms with Crippen LogP contribution >= 0.6 is 27.3 Å². The molecule has 1 heterocycles. The van der Waals surface area contributed by atoms with Crippen molar-refractivity contribution in [2.24, 2.45) is 0 Å². The summed E-state index contributed by atoms with van der Waals surface area (Å²) < 4.78 is 0.823. The molecule has 1 aromatic rings. The molecule has 94 valence electrons. The van der Waals surface area contributed by atoms with E-state index in [1.165, 1.54) is 11.3 Å². The first-order valence-electron chi connectivity index (χ1n) is 5.27. The van der Waals surface area contributed by atoms with Gasteiger partial charge in [0.2, 0.25) is 5.91 Å². The molecule has 6 heteroatoms. The Morgan fingerprint density at radius 2 is 2.18 bits per heavy atom. The lowest BCUT2D eigenvalue weighted by Crippen LogP contribution is -2.38. The van der Waals surface area contributed by atoms with Crippen LogP contribution in [0.3, 0.4) is 0 Å². The van der Waals surface area contributed by atoms with Gasteiger partial charge in [-0.25, -0.2) is 0 Å². The summed E-state index contributed by atoms with van der Waals surface area (Å²) in [4.78, 5) is 25.7. The van der Waals surface area contributed by atoms with Crippen LogP contribution in [0.1, 0.15) is 16.6 Å². The van der Waals surface area contributed by atoms with Crippen LogP contribution in [0, 0.1) is 0 Å². The summed E-state index contributed by atoms with van der Waals surface area (Å²) in [5.41, 5.74) is 0. The molecule has 0 saturated heterocycles. The molecule has 0 radical (unpaired) electrons. The highest BCUT2D eigenvalue weighted by Crippen LogP contribution is 2.23. The van der Waals surface area contributed by atoms with Crippen LogP contribution in [0.4, 0.5) is 0 Å². The maximum Gasteiger partial charge on any atom is 0.233 e. The number of rotatable bonds is 6. The lowest BCUT2D eigenvalue weighted by Gasteiger charge is -2.17. The topological polar surface area (TPSA) is 49.4 Å². The third-order valence-corrected chi connectivity index (χ3v) is 4.21. The molecular weight excluding hydrogens is 304 g/mol. The van der Waals surface area contributed by atoms with Gasteiger partial charge in [-0.3, -0.25) is 14.5 Å². The van der Waals surface area contributed by atoms with E-state index < -0.39 is 0 Å².